The molecular formula is C30H28N2. The minimum atomic E-state index is -0.0883. The van der Waals surface area contributed by atoms with E-state index in [1.165, 1.54) is 44.2 Å². The van der Waals surface area contributed by atoms with E-state index >= 15 is 0 Å². The number of aromatic nitrogens is 2. The zero-order valence-corrected chi connectivity index (χ0v) is 19.4. The molecule has 2 heteroatoms. The van der Waals surface area contributed by atoms with Crippen molar-refractivity contribution in [1.82, 2.24) is 4.57 Å². The summed E-state index contributed by atoms with van der Waals surface area (Å²) in [6.07, 6.45) is 3.70. The molecule has 0 fully saturated rings. The van der Waals surface area contributed by atoms with E-state index in [9.17, 15) is 0 Å². The van der Waals surface area contributed by atoms with E-state index in [0.29, 0.717) is 0 Å². The fourth-order valence-electron chi connectivity index (χ4n) is 5.20. The summed E-state index contributed by atoms with van der Waals surface area (Å²) in [5.41, 5.74) is 8.89. The number of fused-ring (bicyclic) bond motifs is 3. The topological polar surface area (TPSA) is 8.81 Å². The Morgan fingerprint density at radius 1 is 0.781 bits per heavy atom. The molecule has 0 bridgehead atoms. The first kappa shape index (κ1) is 19.3. The van der Waals surface area contributed by atoms with Gasteiger partial charge in [0.1, 0.15) is 0 Å². The molecule has 2 heterocycles. The van der Waals surface area contributed by atoms with Crippen LogP contribution in [0.4, 0.5) is 0 Å². The third-order valence-electron chi connectivity index (χ3n) is 7.12. The number of imidazole rings is 1. The van der Waals surface area contributed by atoms with Gasteiger partial charge in [0.15, 0.2) is 0 Å². The highest BCUT2D eigenvalue weighted by Gasteiger charge is 2.34. The quantitative estimate of drug-likeness (QED) is 0.210. The van der Waals surface area contributed by atoms with Gasteiger partial charge in [-0.2, -0.15) is 0 Å². The average molecular weight is 417 g/mol. The van der Waals surface area contributed by atoms with Gasteiger partial charge in [-0.25, -0.2) is 0 Å². The van der Waals surface area contributed by atoms with Gasteiger partial charge in [-0.15, -0.1) is 0 Å². The van der Waals surface area contributed by atoms with Crippen LogP contribution in [0.1, 0.15) is 51.3 Å². The van der Waals surface area contributed by atoms with Crippen LogP contribution in [0.2, 0.25) is 0 Å². The minimum Gasteiger partial charge on any atom is -0.292 e. The highest BCUT2D eigenvalue weighted by atomic mass is 15.1. The van der Waals surface area contributed by atoms with E-state index in [1.807, 2.05) is 0 Å². The number of nitrogens with zero attached hydrogens (tertiary/aromatic N) is 2. The number of hydrogen-bond donors (Lipinski definition) is 0. The molecule has 1 aliphatic rings. The van der Waals surface area contributed by atoms with Gasteiger partial charge >= 0.3 is 0 Å². The largest absolute Gasteiger partial charge is 0.292 e. The van der Waals surface area contributed by atoms with Gasteiger partial charge in [0.05, 0.1) is 22.4 Å². The Kier molecular flexibility index (Phi) is 3.81. The number of benzene rings is 4. The fraction of sp³-hybridized carbons (Fsp3) is 0.233. The van der Waals surface area contributed by atoms with E-state index in [2.05, 4.69) is 129 Å². The summed E-state index contributed by atoms with van der Waals surface area (Å²) >= 11 is 0. The van der Waals surface area contributed by atoms with Crippen LogP contribution in [0.5, 0.6) is 0 Å². The first-order valence-electron chi connectivity index (χ1n) is 11.4. The lowest BCUT2D eigenvalue weighted by Gasteiger charge is -2.34. The molecule has 2 nitrogen and oxygen atoms in total. The van der Waals surface area contributed by atoms with Crippen LogP contribution in [0.3, 0.4) is 0 Å². The van der Waals surface area contributed by atoms with Crippen molar-refractivity contribution in [2.75, 3.05) is 0 Å². The van der Waals surface area contributed by atoms with Crippen LogP contribution < -0.4 is 4.57 Å². The Balaban J connectivity index is 1.65. The first-order chi connectivity index (χ1) is 15.2. The molecule has 0 atom stereocenters. The second kappa shape index (κ2) is 6.32. The van der Waals surface area contributed by atoms with Crippen molar-refractivity contribution >= 4 is 21.8 Å². The van der Waals surface area contributed by atoms with Gasteiger partial charge in [0.2, 0.25) is 0 Å². The highest BCUT2D eigenvalue weighted by Crippen LogP contribution is 2.42. The smallest absolute Gasteiger partial charge is 0.269 e. The Morgan fingerprint density at radius 2 is 1.47 bits per heavy atom. The third-order valence-corrected chi connectivity index (χ3v) is 7.12. The van der Waals surface area contributed by atoms with E-state index in [-0.39, 0.29) is 10.8 Å². The number of rotatable bonds is 1. The summed E-state index contributed by atoms with van der Waals surface area (Å²) in [4.78, 5) is 0. The molecule has 158 valence electrons. The highest BCUT2D eigenvalue weighted by molar-refractivity contribution is 5.88. The summed E-state index contributed by atoms with van der Waals surface area (Å²) in [5, 5.41) is 2.55. The Morgan fingerprint density at radius 3 is 2.16 bits per heavy atom. The molecule has 0 radical (unpaired) electrons. The van der Waals surface area contributed by atoms with Gasteiger partial charge in [0.25, 0.3) is 6.33 Å². The van der Waals surface area contributed by atoms with Crippen LogP contribution in [0, 0.1) is 6.33 Å². The summed E-state index contributed by atoms with van der Waals surface area (Å²) in [6, 6.07) is 28.9. The van der Waals surface area contributed by atoms with Gasteiger partial charge in [-0.05, 0) is 51.1 Å². The van der Waals surface area contributed by atoms with Crippen molar-refractivity contribution in [2.24, 2.45) is 0 Å². The normalized spacial score (nSPS) is 14.7. The molecule has 0 spiro atoms. The second-order valence-corrected chi connectivity index (χ2v) is 10.6. The van der Waals surface area contributed by atoms with Crippen molar-refractivity contribution in [1.29, 1.82) is 0 Å². The average Bonchev–Trinajstić information content (AvgIpc) is 3.17. The molecule has 0 unspecified atom stereocenters. The molecule has 0 saturated carbocycles. The molecule has 0 N–H and O–H groups in total. The monoisotopic (exact) mass is 416 g/mol. The maximum atomic E-state index is 3.70. The lowest BCUT2D eigenvalue weighted by atomic mass is 9.74. The van der Waals surface area contributed by atoms with Crippen molar-refractivity contribution in [3.8, 4) is 11.4 Å². The molecule has 0 saturated heterocycles. The van der Waals surface area contributed by atoms with Crippen molar-refractivity contribution in [3.05, 3.63) is 102 Å². The van der Waals surface area contributed by atoms with E-state index in [0.717, 1.165) is 5.69 Å². The first-order valence-corrected chi connectivity index (χ1v) is 11.4. The second-order valence-electron chi connectivity index (χ2n) is 10.6. The summed E-state index contributed by atoms with van der Waals surface area (Å²) in [7, 11) is 0. The Bertz CT molecular complexity index is 1510. The summed E-state index contributed by atoms with van der Waals surface area (Å²) in [5.74, 6) is 0. The molecule has 5 aromatic rings. The van der Waals surface area contributed by atoms with Crippen molar-refractivity contribution < 1.29 is 4.57 Å². The predicted octanol–water partition coefficient (Wildman–Crippen LogP) is 6.80. The van der Waals surface area contributed by atoms with Gasteiger partial charge < -0.3 is 0 Å². The Labute approximate surface area is 189 Å². The SMILES string of the molecule is CC(C)(C)c1ccc(-n2[c-][n+]3c4c(cccc42)C(C)(C)c2cc4ccccc4cc2-3)cc1. The number of hydrogen-bond acceptors (Lipinski definition) is 0. The maximum absolute atomic E-state index is 3.70. The van der Waals surface area contributed by atoms with Gasteiger partial charge in [-0.1, -0.05) is 95.3 Å². The van der Waals surface area contributed by atoms with Crippen LogP contribution in [0.25, 0.3) is 33.2 Å². The summed E-state index contributed by atoms with van der Waals surface area (Å²) < 4.78 is 4.49. The van der Waals surface area contributed by atoms with E-state index < -0.39 is 0 Å². The minimum absolute atomic E-state index is 0.0883. The molecule has 0 amide bonds. The lowest BCUT2D eigenvalue weighted by molar-refractivity contribution is -0.575. The lowest BCUT2D eigenvalue weighted by Crippen LogP contribution is -2.40. The molecule has 32 heavy (non-hydrogen) atoms. The predicted molar refractivity (Wildman–Crippen MR) is 132 cm³/mol. The third kappa shape index (κ3) is 2.62. The summed E-state index contributed by atoms with van der Waals surface area (Å²) in [6.45, 7) is 11.4. The zero-order chi connectivity index (χ0) is 22.3. The zero-order valence-electron chi connectivity index (χ0n) is 19.4. The molecule has 1 aromatic heterocycles. The standard InChI is InChI=1S/C30H28N2/c1-29(2,3)22-13-15-23(16-14-22)31-19-32-27-18-21-10-7-6-9-20(21)17-25(27)30(4,5)24-11-8-12-26(31)28(24)32/h6-18H,1-5H3. The molecule has 0 aliphatic carbocycles. The van der Waals surface area contributed by atoms with Gasteiger partial charge in [0, 0.05) is 5.41 Å². The van der Waals surface area contributed by atoms with Crippen LogP contribution in [0.15, 0.2) is 78.9 Å². The van der Waals surface area contributed by atoms with Crippen LogP contribution in [-0.4, -0.2) is 4.57 Å². The van der Waals surface area contributed by atoms with E-state index in [1.54, 1.807) is 0 Å². The molecule has 4 aromatic carbocycles. The van der Waals surface area contributed by atoms with Crippen LogP contribution >= 0.6 is 0 Å². The molecule has 1 aliphatic heterocycles. The van der Waals surface area contributed by atoms with Crippen molar-refractivity contribution in [2.45, 2.75) is 45.4 Å². The molecule has 6 rings (SSSR count). The Hall–Kier alpha value is -3.39. The maximum Gasteiger partial charge on any atom is 0.269 e. The van der Waals surface area contributed by atoms with Crippen LogP contribution in [-0.2, 0) is 10.8 Å². The molecular weight excluding hydrogens is 388 g/mol. The van der Waals surface area contributed by atoms with Gasteiger partial charge in [-0.3, -0.25) is 9.13 Å². The fourth-order valence-corrected chi connectivity index (χ4v) is 5.20. The van der Waals surface area contributed by atoms with Crippen molar-refractivity contribution in [3.63, 3.8) is 0 Å². The number of para-hydroxylation sites is 1. The van der Waals surface area contributed by atoms with E-state index in [4.69, 9.17) is 0 Å².